The highest BCUT2D eigenvalue weighted by Gasteiger charge is 2.36. The van der Waals surface area contributed by atoms with Gasteiger partial charge in [0.1, 0.15) is 22.8 Å². The monoisotopic (exact) mass is 566 g/mol. The van der Waals surface area contributed by atoms with Crippen LogP contribution >= 0.6 is 0 Å². The number of phenols is 1. The van der Waals surface area contributed by atoms with Gasteiger partial charge in [-0.2, -0.15) is 0 Å². The van der Waals surface area contributed by atoms with Crippen molar-refractivity contribution < 1.29 is 48.0 Å². The number of rotatable bonds is 4. The summed E-state index contributed by atoms with van der Waals surface area (Å²) in [6.07, 6.45) is 6.08. The third-order valence-electron chi connectivity index (χ3n) is 7.11. The number of cyclic esters (lactones) is 1. The van der Waals surface area contributed by atoms with E-state index in [2.05, 4.69) is 0 Å². The lowest BCUT2D eigenvalue weighted by atomic mass is 9.83. The molecule has 2 aromatic carbocycles. The number of carbonyl (C=O) groups excluding carboxylic acids is 4. The molecule has 10 heteroatoms. The molecule has 0 aliphatic carbocycles. The van der Waals surface area contributed by atoms with Crippen LogP contribution in [0.15, 0.2) is 24.3 Å². The maximum Gasteiger partial charge on any atom is 0.342 e. The lowest BCUT2D eigenvalue weighted by Crippen LogP contribution is -2.23. The first kappa shape index (κ1) is 29.6. The van der Waals surface area contributed by atoms with Crippen LogP contribution in [-0.4, -0.2) is 49.1 Å². The summed E-state index contributed by atoms with van der Waals surface area (Å²) in [6, 6.07) is 4.71. The van der Waals surface area contributed by atoms with E-state index in [4.69, 9.17) is 23.7 Å². The number of aromatic hydroxyl groups is 1. The van der Waals surface area contributed by atoms with Gasteiger partial charge in [0.15, 0.2) is 11.5 Å². The van der Waals surface area contributed by atoms with E-state index in [0.717, 1.165) is 0 Å². The molecule has 41 heavy (non-hydrogen) atoms. The van der Waals surface area contributed by atoms with Gasteiger partial charge in [-0.25, -0.2) is 4.79 Å². The number of ether oxygens (including phenoxy) is 5. The zero-order valence-electron chi connectivity index (χ0n) is 23.6. The smallest absolute Gasteiger partial charge is 0.342 e. The van der Waals surface area contributed by atoms with Crippen LogP contribution in [-0.2, 0) is 19.1 Å². The van der Waals surface area contributed by atoms with Gasteiger partial charge in [-0.1, -0.05) is 12.2 Å². The lowest BCUT2D eigenvalue weighted by molar-refractivity contribution is -0.135. The van der Waals surface area contributed by atoms with Crippen molar-refractivity contribution in [2.75, 3.05) is 14.2 Å². The van der Waals surface area contributed by atoms with Gasteiger partial charge < -0.3 is 28.8 Å². The Kier molecular flexibility index (Phi) is 9.31. The molecule has 10 nitrogen and oxygen atoms in total. The molecule has 0 bridgehead atoms. The van der Waals surface area contributed by atoms with Crippen molar-refractivity contribution in [3.8, 4) is 28.7 Å². The second kappa shape index (κ2) is 12.9. The fourth-order valence-electron chi connectivity index (χ4n) is 5.15. The summed E-state index contributed by atoms with van der Waals surface area (Å²) in [6.45, 7) is 2.99. The Morgan fingerprint density at radius 3 is 2.37 bits per heavy atom. The number of Topliss-reactive ketones (excluding diaryl/α,β-unsaturated/α-hetero) is 1. The molecule has 0 saturated carbocycles. The minimum atomic E-state index is -0.751. The number of phenolic OH excluding ortho intramolecular Hbond substituents is 1. The fourth-order valence-corrected chi connectivity index (χ4v) is 5.15. The number of hydrogen-bond donors (Lipinski definition) is 1. The molecule has 2 atom stereocenters. The van der Waals surface area contributed by atoms with E-state index in [1.54, 1.807) is 25.1 Å². The van der Waals surface area contributed by atoms with Gasteiger partial charge in [0.2, 0.25) is 5.75 Å². The first-order valence-corrected chi connectivity index (χ1v) is 13.6. The van der Waals surface area contributed by atoms with Crippen LogP contribution in [0.3, 0.4) is 0 Å². The van der Waals surface area contributed by atoms with Gasteiger partial charge in [-0.3, -0.25) is 14.4 Å². The Morgan fingerprint density at radius 2 is 1.71 bits per heavy atom. The van der Waals surface area contributed by atoms with E-state index in [0.29, 0.717) is 49.7 Å². The van der Waals surface area contributed by atoms with Crippen LogP contribution in [0, 0.1) is 0 Å². The summed E-state index contributed by atoms with van der Waals surface area (Å²) in [5, 5.41) is 11.6. The average molecular weight is 567 g/mol. The Balaban J connectivity index is 1.86. The topological polar surface area (TPSA) is 135 Å². The van der Waals surface area contributed by atoms with Crippen LogP contribution in [0.1, 0.15) is 91.8 Å². The van der Waals surface area contributed by atoms with Gasteiger partial charge in [0, 0.05) is 31.2 Å². The van der Waals surface area contributed by atoms with Crippen LogP contribution < -0.4 is 18.9 Å². The van der Waals surface area contributed by atoms with Crippen molar-refractivity contribution in [1.29, 1.82) is 0 Å². The van der Waals surface area contributed by atoms with E-state index < -0.39 is 29.9 Å². The highest BCUT2D eigenvalue weighted by atomic mass is 16.6. The maximum absolute atomic E-state index is 13.4. The van der Waals surface area contributed by atoms with Crippen molar-refractivity contribution in [2.24, 2.45) is 0 Å². The third-order valence-corrected chi connectivity index (χ3v) is 7.11. The van der Waals surface area contributed by atoms with Crippen LogP contribution in [0.2, 0.25) is 0 Å². The molecular weight excluding hydrogens is 532 g/mol. The molecule has 0 fully saturated rings. The molecule has 1 N–H and O–H groups in total. The third kappa shape index (κ3) is 6.70. The summed E-state index contributed by atoms with van der Waals surface area (Å²) in [5.74, 6) is -2.23. The predicted molar refractivity (Wildman–Crippen MR) is 148 cm³/mol. The molecule has 2 heterocycles. The Hall–Kier alpha value is -4.34. The van der Waals surface area contributed by atoms with Crippen LogP contribution in [0.5, 0.6) is 28.7 Å². The summed E-state index contributed by atoms with van der Waals surface area (Å²) in [7, 11) is 2.80. The lowest BCUT2D eigenvalue weighted by Gasteiger charge is -2.28. The molecular formula is C31H34O10. The predicted octanol–water partition coefficient (Wildman–Crippen LogP) is 5.26. The summed E-state index contributed by atoms with van der Waals surface area (Å²) in [4.78, 5) is 50.0. The SMILES string of the molecule is COc1cc([C@H]2CC(=O)Oc3cc4c(c(O)c32)C(=O)O[C@H](C)CCCC(=O)CCCC=C4)cc(OC)c1OC(C)=O. The van der Waals surface area contributed by atoms with Gasteiger partial charge in [0.25, 0.3) is 0 Å². The average Bonchev–Trinajstić information content (AvgIpc) is 2.91. The molecule has 0 aromatic heterocycles. The Bertz CT molecular complexity index is 1360. The number of hydrogen-bond acceptors (Lipinski definition) is 10. The normalized spacial score (nSPS) is 19.7. The minimum Gasteiger partial charge on any atom is -0.507 e. The Morgan fingerprint density at radius 1 is 1.02 bits per heavy atom. The van der Waals surface area contributed by atoms with Gasteiger partial charge in [0.05, 0.1) is 26.7 Å². The second-order valence-electron chi connectivity index (χ2n) is 10.1. The highest BCUT2D eigenvalue weighted by molar-refractivity contribution is 5.98. The molecule has 2 aliphatic heterocycles. The maximum atomic E-state index is 13.4. The van der Waals surface area contributed by atoms with Crippen LogP contribution in [0.25, 0.3) is 6.08 Å². The quantitative estimate of drug-likeness (QED) is 0.386. The summed E-state index contributed by atoms with van der Waals surface area (Å²) >= 11 is 0. The molecule has 2 aromatic rings. The van der Waals surface area contributed by atoms with E-state index in [1.165, 1.54) is 27.2 Å². The van der Waals surface area contributed by atoms with Gasteiger partial charge in [-0.05, 0) is 61.9 Å². The first-order chi connectivity index (χ1) is 19.6. The number of carbonyl (C=O) groups is 4. The number of methoxy groups -OCH3 is 2. The van der Waals surface area contributed by atoms with Crippen molar-refractivity contribution in [2.45, 2.75) is 70.8 Å². The van der Waals surface area contributed by atoms with Crippen molar-refractivity contribution in [3.63, 3.8) is 0 Å². The Labute approximate surface area is 238 Å². The molecule has 0 saturated heterocycles. The molecule has 0 amide bonds. The standard InChI is InChI=1S/C31H34O10/c1-17-9-8-12-21(33)11-7-5-6-10-19-13-23-28(29(35)27(19)31(36)39-17)22(16-26(34)41-23)20-14-24(37-3)30(40-18(2)32)25(15-20)38-4/h6,10,13-15,17,22,35H,5,7-9,11-12,16H2,1-4H3/t17-,22-/m1/s1. The zero-order chi connectivity index (χ0) is 29.7. The van der Waals surface area contributed by atoms with Gasteiger partial charge in [-0.15, -0.1) is 0 Å². The van der Waals surface area contributed by atoms with E-state index in [9.17, 15) is 24.3 Å². The minimum absolute atomic E-state index is 0.0432. The molecule has 0 spiro atoms. The van der Waals surface area contributed by atoms with Crippen molar-refractivity contribution in [3.05, 3.63) is 46.5 Å². The largest absolute Gasteiger partial charge is 0.507 e. The van der Waals surface area contributed by atoms with Crippen molar-refractivity contribution >= 4 is 29.8 Å². The van der Waals surface area contributed by atoms with E-state index >= 15 is 0 Å². The molecule has 2 aliphatic rings. The van der Waals surface area contributed by atoms with Gasteiger partial charge >= 0.3 is 17.9 Å². The van der Waals surface area contributed by atoms with Crippen LogP contribution in [0.4, 0.5) is 0 Å². The van der Waals surface area contributed by atoms with Crippen molar-refractivity contribution in [1.82, 2.24) is 0 Å². The fraction of sp³-hybridized carbons (Fsp3) is 0.419. The number of allylic oxidation sites excluding steroid dienone is 1. The summed E-state index contributed by atoms with van der Waals surface area (Å²) in [5.41, 5.74) is 1.03. The summed E-state index contributed by atoms with van der Waals surface area (Å²) < 4.78 is 27.4. The number of ketones is 1. The van der Waals surface area contributed by atoms with E-state index in [-0.39, 0.29) is 52.1 Å². The molecule has 4 rings (SSSR count). The number of fused-ring (bicyclic) bond motifs is 2. The zero-order valence-corrected chi connectivity index (χ0v) is 23.6. The molecule has 218 valence electrons. The van der Waals surface area contributed by atoms with E-state index in [1.807, 2.05) is 6.08 Å². The highest BCUT2D eigenvalue weighted by Crippen LogP contribution is 2.50. The number of esters is 3. The molecule has 0 radical (unpaired) electrons. The second-order valence-corrected chi connectivity index (χ2v) is 10.1. The first-order valence-electron chi connectivity index (χ1n) is 13.6. The molecule has 0 unspecified atom stereocenters. The number of benzene rings is 2.